The Morgan fingerprint density at radius 3 is 1.34 bits per heavy atom. The molecule has 44 heavy (non-hydrogen) atoms. The zero-order valence-corrected chi connectivity index (χ0v) is 24.2. The maximum atomic E-state index is 3.86. The van der Waals surface area contributed by atoms with Crippen molar-refractivity contribution in [3.05, 3.63) is 192 Å². The van der Waals surface area contributed by atoms with E-state index in [9.17, 15) is 0 Å². The van der Waals surface area contributed by atoms with Crippen LogP contribution in [-0.2, 0) is 5.41 Å². The van der Waals surface area contributed by atoms with Crippen LogP contribution in [0.2, 0.25) is 0 Å². The van der Waals surface area contributed by atoms with Crippen molar-refractivity contribution in [3.8, 4) is 44.5 Å². The van der Waals surface area contributed by atoms with Crippen LogP contribution in [-0.4, -0.2) is 0 Å². The first-order valence-corrected chi connectivity index (χ1v) is 15.3. The van der Waals surface area contributed by atoms with E-state index >= 15 is 0 Å². The van der Waals surface area contributed by atoms with Crippen molar-refractivity contribution in [2.24, 2.45) is 0 Å². The number of rotatable bonds is 4. The maximum Gasteiger partial charge on any atom is 0.0726 e. The van der Waals surface area contributed by atoms with Crippen LogP contribution in [0.15, 0.2) is 170 Å². The van der Waals surface area contributed by atoms with Crippen molar-refractivity contribution >= 4 is 11.4 Å². The lowest BCUT2D eigenvalue weighted by atomic mass is 9.70. The zero-order valence-electron chi connectivity index (χ0n) is 24.2. The molecule has 0 fully saturated rings. The van der Waals surface area contributed by atoms with E-state index in [1.807, 2.05) is 0 Å². The summed E-state index contributed by atoms with van der Waals surface area (Å²) in [7, 11) is 0. The van der Waals surface area contributed by atoms with Crippen LogP contribution >= 0.6 is 0 Å². The van der Waals surface area contributed by atoms with Gasteiger partial charge in [-0.3, -0.25) is 0 Å². The molecule has 0 aliphatic heterocycles. The van der Waals surface area contributed by atoms with Gasteiger partial charge in [0.1, 0.15) is 0 Å². The lowest BCUT2D eigenvalue weighted by Crippen LogP contribution is -2.26. The van der Waals surface area contributed by atoms with Crippen LogP contribution < -0.4 is 5.32 Å². The number of nitrogens with one attached hydrogen (secondary N) is 1. The molecule has 1 N–H and O–H groups in total. The molecule has 2 aliphatic carbocycles. The topological polar surface area (TPSA) is 12.0 Å². The first kappa shape index (κ1) is 24.9. The Morgan fingerprint density at radius 2 is 0.773 bits per heavy atom. The third-order valence-corrected chi connectivity index (χ3v) is 9.49. The number of hydrogen-bond donors (Lipinski definition) is 1. The van der Waals surface area contributed by atoms with Gasteiger partial charge in [0.2, 0.25) is 0 Å². The average Bonchev–Trinajstić information content (AvgIpc) is 3.56. The van der Waals surface area contributed by atoms with Crippen LogP contribution in [0, 0.1) is 0 Å². The molecule has 0 unspecified atom stereocenters. The van der Waals surface area contributed by atoms with Crippen LogP contribution in [0.25, 0.3) is 44.5 Å². The summed E-state index contributed by atoms with van der Waals surface area (Å²) in [5.74, 6) is 0. The highest BCUT2D eigenvalue weighted by Gasteiger charge is 2.51. The molecule has 0 saturated carbocycles. The zero-order chi connectivity index (χ0) is 29.1. The maximum absolute atomic E-state index is 3.86. The van der Waals surface area contributed by atoms with Crippen molar-refractivity contribution in [1.29, 1.82) is 0 Å². The summed E-state index contributed by atoms with van der Waals surface area (Å²) in [4.78, 5) is 0. The first-order chi connectivity index (χ1) is 21.8. The largest absolute Gasteiger partial charge is 0.355 e. The Kier molecular flexibility index (Phi) is 5.48. The molecule has 0 bridgehead atoms. The van der Waals surface area contributed by atoms with E-state index in [4.69, 9.17) is 0 Å². The molecule has 2 aliphatic rings. The minimum atomic E-state index is -0.373. The SMILES string of the molecule is c1ccc(-c2ccc(Nc3cc4c(cc3-c3ccccc3)-c3ccccc3C43c4ccccc4-c4ccccc43)cc2)cc1. The first-order valence-electron chi connectivity index (χ1n) is 15.3. The van der Waals surface area contributed by atoms with E-state index in [0.29, 0.717) is 0 Å². The molecular weight excluding hydrogens is 530 g/mol. The highest BCUT2D eigenvalue weighted by Crippen LogP contribution is 2.63. The smallest absolute Gasteiger partial charge is 0.0726 e. The summed E-state index contributed by atoms with van der Waals surface area (Å²) in [5.41, 5.74) is 17.3. The lowest BCUT2D eigenvalue weighted by Gasteiger charge is -2.31. The van der Waals surface area contributed by atoms with Gasteiger partial charge in [-0.1, -0.05) is 146 Å². The molecule has 0 heterocycles. The molecule has 1 nitrogen and oxygen atoms in total. The van der Waals surface area contributed by atoms with E-state index < -0.39 is 0 Å². The standard InChI is InChI=1S/C43H29N/c1-3-13-29(14-4-1)30-23-25-32(26-24-30)44-42-28-41-37(27-36(42)31-15-5-2-6-16-31)35-19-9-12-22-40(35)43(41)38-20-10-7-17-33(38)34-18-8-11-21-39(34)43/h1-28,44H. The monoisotopic (exact) mass is 559 g/mol. The average molecular weight is 560 g/mol. The third-order valence-electron chi connectivity index (χ3n) is 9.49. The van der Waals surface area contributed by atoms with Crippen molar-refractivity contribution in [1.82, 2.24) is 0 Å². The Morgan fingerprint density at radius 1 is 0.318 bits per heavy atom. The predicted molar refractivity (Wildman–Crippen MR) is 183 cm³/mol. The van der Waals surface area contributed by atoms with Gasteiger partial charge in [-0.2, -0.15) is 0 Å². The molecule has 1 spiro atoms. The second kappa shape index (κ2) is 9.69. The Balaban J connectivity index is 1.29. The predicted octanol–water partition coefficient (Wildman–Crippen LogP) is 11.1. The van der Waals surface area contributed by atoms with E-state index in [1.54, 1.807) is 0 Å². The van der Waals surface area contributed by atoms with Crippen molar-refractivity contribution in [3.63, 3.8) is 0 Å². The third kappa shape index (κ3) is 3.53. The van der Waals surface area contributed by atoms with Gasteiger partial charge in [0.25, 0.3) is 0 Å². The van der Waals surface area contributed by atoms with Gasteiger partial charge >= 0.3 is 0 Å². The number of fused-ring (bicyclic) bond motifs is 10. The summed E-state index contributed by atoms with van der Waals surface area (Å²) in [5, 5.41) is 3.86. The normalized spacial score (nSPS) is 13.2. The molecule has 7 aromatic rings. The second-order valence-electron chi connectivity index (χ2n) is 11.8. The van der Waals surface area contributed by atoms with Gasteiger partial charge in [-0.05, 0) is 85.5 Å². The van der Waals surface area contributed by atoms with Gasteiger partial charge < -0.3 is 5.32 Å². The fourth-order valence-corrected chi connectivity index (χ4v) is 7.63. The minimum absolute atomic E-state index is 0.373. The summed E-state index contributed by atoms with van der Waals surface area (Å²) in [6.45, 7) is 0. The van der Waals surface area contributed by atoms with E-state index in [2.05, 4.69) is 175 Å². The highest BCUT2D eigenvalue weighted by molar-refractivity contribution is 5.98. The fraction of sp³-hybridized carbons (Fsp3) is 0.0233. The molecule has 7 aromatic carbocycles. The molecule has 0 saturated heterocycles. The highest BCUT2D eigenvalue weighted by atomic mass is 14.9. The summed E-state index contributed by atoms with van der Waals surface area (Å²) in [6.07, 6.45) is 0. The van der Waals surface area contributed by atoms with E-state index in [1.165, 1.54) is 66.8 Å². The number of benzene rings is 7. The molecule has 1 heteroatoms. The van der Waals surface area contributed by atoms with Gasteiger partial charge in [-0.25, -0.2) is 0 Å². The van der Waals surface area contributed by atoms with Crippen LogP contribution in [0.4, 0.5) is 11.4 Å². The van der Waals surface area contributed by atoms with Crippen LogP contribution in [0.3, 0.4) is 0 Å². The van der Waals surface area contributed by atoms with E-state index in [-0.39, 0.29) is 5.41 Å². The van der Waals surface area contributed by atoms with Crippen molar-refractivity contribution < 1.29 is 0 Å². The van der Waals surface area contributed by atoms with Gasteiger partial charge in [0.15, 0.2) is 0 Å². The lowest BCUT2D eigenvalue weighted by molar-refractivity contribution is 0.794. The number of hydrogen-bond acceptors (Lipinski definition) is 1. The second-order valence-corrected chi connectivity index (χ2v) is 11.8. The van der Waals surface area contributed by atoms with Gasteiger partial charge in [0.05, 0.1) is 5.41 Å². The van der Waals surface area contributed by atoms with Crippen LogP contribution in [0.5, 0.6) is 0 Å². The minimum Gasteiger partial charge on any atom is -0.355 e. The molecular formula is C43H29N. The molecule has 9 rings (SSSR count). The Labute approximate surface area is 258 Å². The van der Waals surface area contributed by atoms with Crippen molar-refractivity contribution in [2.45, 2.75) is 5.41 Å². The molecule has 0 atom stereocenters. The summed E-state index contributed by atoms with van der Waals surface area (Å²) < 4.78 is 0. The van der Waals surface area contributed by atoms with Gasteiger partial charge in [0, 0.05) is 16.9 Å². The van der Waals surface area contributed by atoms with Crippen molar-refractivity contribution in [2.75, 3.05) is 5.32 Å². The Bertz CT molecular complexity index is 2130. The summed E-state index contributed by atoms with van der Waals surface area (Å²) in [6, 6.07) is 61.9. The van der Waals surface area contributed by atoms with E-state index in [0.717, 1.165) is 11.4 Å². The summed E-state index contributed by atoms with van der Waals surface area (Å²) >= 11 is 0. The Hall–Kier alpha value is -5.66. The molecule has 206 valence electrons. The number of anilines is 2. The molecule has 0 amide bonds. The molecule has 0 aromatic heterocycles. The quantitative estimate of drug-likeness (QED) is 0.226. The molecule has 0 radical (unpaired) electrons. The van der Waals surface area contributed by atoms with Crippen LogP contribution in [0.1, 0.15) is 22.3 Å². The van der Waals surface area contributed by atoms with Gasteiger partial charge in [-0.15, -0.1) is 0 Å². The fourth-order valence-electron chi connectivity index (χ4n) is 7.63.